The minimum Gasteiger partial charge on any atom is -0.312 e. The van der Waals surface area contributed by atoms with Gasteiger partial charge in [-0.2, -0.15) is 0 Å². The Balaban J connectivity index is 1.81. The number of anilines is 1. The smallest absolute Gasteiger partial charge is 0.256 e. The lowest BCUT2D eigenvalue weighted by Gasteiger charge is -2.13. The van der Waals surface area contributed by atoms with E-state index in [4.69, 9.17) is 0 Å². The van der Waals surface area contributed by atoms with E-state index < -0.39 is 9.84 Å². The van der Waals surface area contributed by atoms with E-state index in [0.717, 1.165) is 36.1 Å². The van der Waals surface area contributed by atoms with Crippen LogP contribution in [0.1, 0.15) is 33.6 Å². The summed E-state index contributed by atoms with van der Waals surface area (Å²) in [6.45, 7) is 0. The summed E-state index contributed by atoms with van der Waals surface area (Å²) < 4.78 is 26.7. The molecule has 1 aliphatic rings. The molecule has 0 saturated heterocycles. The fourth-order valence-electron chi connectivity index (χ4n) is 3.39. The van der Waals surface area contributed by atoms with E-state index in [2.05, 4.69) is 5.32 Å². The molecule has 0 aliphatic heterocycles. The predicted octanol–water partition coefficient (Wildman–Crippen LogP) is 4.71. The zero-order valence-corrected chi connectivity index (χ0v) is 16.3. The first-order valence-corrected chi connectivity index (χ1v) is 11.2. The lowest BCUT2D eigenvalue weighted by Crippen LogP contribution is -2.14. The van der Waals surface area contributed by atoms with Crippen LogP contribution in [0.3, 0.4) is 0 Å². The molecule has 0 radical (unpaired) electrons. The zero-order valence-electron chi connectivity index (χ0n) is 14.6. The number of fused-ring (bicyclic) bond motifs is 1. The molecular weight excluding hydrogens is 378 g/mol. The van der Waals surface area contributed by atoms with Gasteiger partial charge in [0.25, 0.3) is 5.91 Å². The number of nitrogens with one attached hydrogen (secondary N) is 1. The summed E-state index contributed by atoms with van der Waals surface area (Å²) in [5.74, 6) is -0.293. The molecule has 0 bridgehead atoms. The summed E-state index contributed by atoms with van der Waals surface area (Å²) in [6.07, 6.45) is 3.60. The SMILES string of the molecule is O=C(Nc1sc2c(c1S(=O)(=O)c1ccccc1)CCCC2)c1ccccc1. The molecule has 1 aromatic heterocycles. The van der Waals surface area contributed by atoms with Crippen molar-refractivity contribution >= 4 is 32.1 Å². The molecule has 27 heavy (non-hydrogen) atoms. The van der Waals surface area contributed by atoms with Crippen molar-refractivity contribution in [1.29, 1.82) is 0 Å². The summed E-state index contributed by atoms with van der Waals surface area (Å²) in [4.78, 5) is 14.2. The fourth-order valence-corrected chi connectivity index (χ4v) is 6.68. The second kappa shape index (κ2) is 7.29. The molecule has 0 spiro atoms. The predicted molar refractivity (Wildman–Crippen MR) is 107 cm³/mol. The molecule has 1 aliphatic carbocycles. The minimum absolute atomic E-state index is 0.256. The number of carbonyl (C=O) groups excluding carboxylic acids is 1. The highest BCUT2D eigenvalue weighted by Crippen LogP contribution is 2.43. The second-order valence-electron chi connectivity index (χ2n) is 6.51. The van der Waals surface area contributed by atoms with Crippen LogP contribution in [-0.4, -0.2) is 14.3 Å². The monoisotopic (exact) mass is 397 g/mol. The third-order valence-electron chi connectivity index (χ3n) is 4.71. The van der Waals surface area contributed by atoms with E-state index in [-0.39, 0.29) is 15.7 Å². The normalized spacial score (nSPS) is 13.8. The Kier molecular flexibility index (Phi) is 4.85. The average Bonchev–Trinajstić information content (AvgIpc) is 3.08. The van der Waals surface area contributed by atoms with E-state index in [1.807, 2.05) is 6.07 Å². The molecule has 0 unspecified atom stereocenters. The first-order valence-electron chi connectivity index (χ1n) is 8.88. The van der Waals surface area contributed by atoms with Crippen LogP contribution in [0, 0.1) is 0 Å². The van der Waals surface area contributed by atoms with Gasteiger partial charge in [0.1, 0.15) is 9.90 Å². The molecule has 0 saturated carbocycles. The fraction of sp³-hybridized carbons (Fsp3) is 0.190. The van der Waals surface area contributed by atoms with Crippen molar-refractivity contribution in [3.63, 3.8) is 0 Å². The van der Waals surface area contributed by atoms with Crippen molar-refractivity contribution in [2.75, 3.05) is 5.32 Å². The number of hydrogen-bond donors (Lipinski definition) is 1. The van der Waals surface area contributed by atoms with Crippen LogP contribution in [0.4, 0.5) is 5.00 Å². The van der Waals surface area contributed by atoms with E-state index in [1.165, 1.54) is 11.3 Å². The summed E-state index contributed by atoms with van der Waals surface area (Å²) in [5, 5.41) is 3.29. The van der Waals surface area contributed by atoms with Crippen LogP contribution in [0.25, 0.3) is 0 Å². The van der Waals surface area contributed by atoms with E-state index in [0.29, 0.717) is 10.6 Å². The van der Waals surface area contributed by atoms with Crippen LogP contribution in [0.15, 0.2) is 70.5 Å². The second-order valence-corrected chi connectivity index (χ2v) is 9.50. The molecule has 1 amide bonds. The van der Waals surface area contributed by atoms with Crippen LogP contribution in [-0.2, 0) is 22.7 Å². The van der Waals surface area contributed by atoms with Gasteiger partial charge in [-0.3, -0.25) is 4.79 Å². The maximum atomic E-state index is 13.4. The van der Waals surface area contributed by atoms with Crippen LogP contribution in [0.2, 0.25) is 0 Å². The molecule has 4 rings (SSSR count). The van der Waals surface area contributed by atoms with Gasteiger partial charge < -0.3 is 5.32 Å². The minimum atomic E-state index is -3.70. The molecule has 3 aromatic rings. The molecule has 2 aromatic carbocycles. The number of rotatable bonds is 4. The van der Waals surface area contributed by atoms with Gasteiger partial charge in [-0.15, -0.1) is 11.3 Å². The van der Waals surface area contributed by atoms with Gasteiger partial charge >= 0.3 is 0 Å². The molecule has 0 atom stereocenters. The number of sulfone groups is 1. The average molecular weight is 398 g/mol. The van der Waals surface area contributed by atoms with Gasteiger partial charge in [0.05, 0.1) is 4.90 Å². The van der Waals surface area contributed by atoms with Gasteiger partial charge in [0, 0.05) is 10.4 Å². The maximum Gasteiger partial charge on any atom is 0.256 e. The zero-order chi connectivity index (χ0) is 18.9. The van der Waals surface area contributed by atoms with Crippen molar-refractivity contribution in [1.82, 2.24) is 0 Å². The number of amides is 1. The first-order chi connectivity index (χ1) is 13.1. The van der Waals surface area contributed by atoms with Gasteiger partial charge in [-0.1, -0.05) is 36.4 Å². The number of aryl methyl sites for hydroxylation is 1. The number of thiophene rings is 1. The molecule has 6 heteroatoms. The van der Waals surface area contributed by atoms with Gasteiger partial charge in [0.2, 0.25) is 9.84 Å². The van der Waals surface area contributed by atoms with Crippen molar-refractivity contribution in [3.8, 4) is 0 Å². The lowest BCUT2D eigenvalue weighted by molar-refractivity contribution is 0.102. The van der Waals surface area contributed by atoms with Crippen LogP contribution in [0.5, 0.6) is 0 Å². The summed E-state index contributed by atoms with van der Waals surface area (Å²) in [6, 6.07) is 17.3. The van der Waals surface area contributed by atoms with Crippen LogP contribution < -0.4 is 5.32 Å². The third kappa shape index (κ3) is 3.42. The molecule has 1 N–H and O–H groups in total. The lowest BCUT2D eigenvalue weighted by atomic mass is 9.99. The van der Waals surface area contributed by atoms with E-state index in [9.17, 15) is 13.2 Å². The highest BCUT2D eigenvalue weighted by Gasteiger charge is 2.31. The summed E-state index contributed by atoms with van der Waals surface area (Å²) in [7, 11) is -3.70. The van der Waals surface area contributed by atoms with Crippen molar-refractivity contribution in [2.45, 2.75) is 35.5 Å². The highest BCUT2D eigenvalue weighted by molar-refractivity contribution is 7.92. The molecule has 138 valence electrons. The third-order valence-corrected chi connectivity index (χ3v) is 7.93. The molecular formula is C21H19NO3S2. The number of benzene rings is 2. The van der Waals surface area contributed by atoms with Gasteiger partial charge in [-0.25, -0.2) is 8.42 Å². The topological polar surface area (TPSA) is 63.2 Å². The highest BCUT2D eigenvalue weighted by atomic mass is 32.2. The Morgan fingerprint density at radius 2 is 1.52 bits per heavy atom. The number of hydrogen-bond acceptors (Lipinski definition) is 4. The van der Waals surface area contributed by atoms with E-state index in [1.54, 1.807) is 54.6 Å². The van der Waals surface area contributed by atoms with Crippen molar-refractivity contribution < 1.29 is 13.2 Å². The Morgan fingerprint density at radius 3 is 2.22 bits per heavy atom. The Hall–Kier alpha value is -2.44. The molecule has 0 fully saturated rings. The van der Waals surface area contributed by atoms with Crippen molar-refractivity contribution in [2.24, 2.45) is 0 Å². The Bertz CT molecular complexity index is 1070. The largest absolute Gasteiger partial charge is 0.312 e. The molecule has 4 nitrogen and oxygen atoms in total. The molecule has 1 heterocycles. The summed E-state index contributed by atoms with van der Waals surface area (Å²) >= 11 is 1.40. The first kappa shape index (κ1) is 17.9. The summed E-state index contributed by atoms with van der Waals surface area (Å²) in [5.41, 5.74) is 1.38. The maximum absolute atomic E-state index is 13.4. The van der Waals surface area contributed by atoms with Gasteiger partial charge in [-0.05, 0) is 55.5 Å². The standard InChI is InChI=1S/C21H19NO3S2/c23-20(15-9-3-1-4-10-15)22-21-19(17-13-7-8-14-18(17)26-21)27(24,25)16-11-5-2-6-12-16/h1-6,9-12H,7-8,13-14H2,(H,22,23). The Labute approximate surface area is 162 Å². The van der Waals surface area contributed by atoms with Crippen molar-refractivity contribution in [3.05, 3.63) is 76.7 Å². The van der Waals surface area contributed by atoms with Crippen LogP contribution >= 0.6 is 11.3 Å². The Morgan fingerprint density at radius 1 is 0.889 bits per heavy atom. The van der Waals surface area contributed by atoms with E-state index >= 15 is 0 Å². The quantitative estimate of drug-likeness (QED) is 0.693. The number of carbonyl (C=O) groups is 1. The van der Waals surface area contributed by atoms with Gasteiger partial charge in [0.15, 0.2) is 0 Å².